The zero-order valence-corrected chi connectivity index (χ0v) is 18.6. The minimum atomic E-state index is -1.04. The molecule has 0 spiro atoms. The number of nitrogens with one attached hydrogen (secondary N) is 1. The summed E-state index contributed by atoms with van der Waals surface area (Å²) in [6, 6.07) is 5.97. The largest absolute Gasteiger partial charge is 0.503 e. The molecule has 3 aromatic rings. The van der Waals surface area contributed by atoms with Crippen LogP contribution in [0.5, 0.6) is 5.75 Å². The van der Waals surface area contributed by atoms with E-state index >= 15 is 0 Å². The third-order valence-electron chi connectivity index (χ3n) is 6.61. The number of nitrogens with zero attached hydrogens (tertiary/aromatic N) is 2. The number of rotatable bonds is 3. The predicted molar refractivity (Wildman–Crippen MR) is 120 cm³/mol. The number of benzene rings is 2. The van der Waals surface area contributed by atoms with Gasteiger partial charge in [0.15, 0.2) is 11.4 Å². The summed E-state index contributed by atoms with van der Waals surface area (Å²) in [6.07, 6.45) is 2.13. The Morgan fingerprint density at radius 1 is 1.17 bits per heavy atom. The van der Waals surface area contributed by atoms with Crippen molar-refractivity contribution in [1.29, 1.82) is 0 Å². The molecule has 1 aromatic heterocycles. The molecule has 180 valence electrons. The predicted octanol–water partition coefficient (Wildman–Crippen LogP) is 3.36. The summed E-state index contributed by atoms with van der Waals surface area (Å²) in [5, 5.41) is 13.1. The van der Waals surface area contributed by atoms with Crippen LogP contribution in [0, 0.1) is 24.4 Å². The van der Waals surface area contributed by atoms with Gasteiger partial charge in [-0.3, -0.25) is 14.4 Å². The molecule has 0 saturated carbocycles. The maximum atomic E-state index is 14.3. The summed E-state index contributed by atoms with van der Waals surface area (Å²) >= 11 is 0. The van der Waals surface area contributed by atoms with Gasteiger partial charge in [-0.1, -0.05) is 6.07 Å². The summed E-state index contributed by atoms with van der Waals surface area (Å²) in [4.78, 5) is 40.3. The molecule has 5 rings (SSSR count). The van der Waals surface area contributed by atoms with Gasteiger partial charge in [-0.2, -0.15) is 0 Å². The SMILES string of the molecule is Cc1c(F)ccc(CNC(=O)c2cn3c(c(O)c2=O)C(=O)N2C[C@@H]3CCc3cc(F)ccc32)c1F. The molecule has 2 bridgehead atoms. The van der Waals surface area contributed by atoms with E-state index in [1.807, 2.05) is 0 Å². The molecule has 2 aromatic carbocycles. The smallest absolute Gasteiger partial charge is 0.279 e. The van der Waals surface area contributed by atoms with Gasteiger partial charge in [0.2, 0.25) is 5.43 Å². The zero-order valence-electron chi connectivity index (χ0n) is 18.6. The second-order valence-electron chi connectivity index (χ2n) is 8.69. The lowest BCUT2D eigenvalue weighted by Gasteiger charge is -2.35. The topological polar surface area (TPSA) is 91.6 Å². The normalized spacial score (nSPS) is 16.4. The molecule has 2 aliphatic heterocycles. The summed E-state index contributed by atoms with van der Waals surface area (Å²) < 4.78 is 43.0. The van der Waals surface area contributed by atoms with E-state index in [1.165, 1.54) is 46.9 Å². The Morgan fingerprint density at radius 3 is 2.71 bits per heavy atom. The molecule has 2 amide bonds. The first-order valence-corrected chi connectivity index (χ1v) is 11.0. The van der Waals surface area contributed by atoms with Gasteiger partial charge in [-0.25, -0.2) is 13.2 Å². The molecule has 0 unspecified atom stereocenters. The number of pyridine rings is 1. The number of hydrogen-bond acceptors (Lipinski definition) is 4. The highest BCUT2D eigenvalue weighted by Crippen LogP contribution is 2.37. The summed E-state index contributed by atoms with van der Waals surface area (Å²) in [5.41, 5.74) is -0.738. The van der Waals surface area contributed by atoms with Gasteiger partial charge in [0.1, 0.15) is 23.0 Å². The van der Waals surface area contributed by atoms with Crippen molar-refractivity contribution in [2.75, 3.05) is 11.4 Å². The summed E-state index contributed by atoms with van der Waals surface area (Å²) in [7, 11) is 0. The Kier molecular flexibility index (Phi) is 5.38. The number of aromatic hydroxyl groups is 1. The molecule has 2 aliphatic rings. The highest BCUT2D eigenvalue weighted by Gasteiger charge is 2.38. The van der Waals surface area contributed by atoms with E-state index in [1.54, 1.807) is 0 Å². The fraction of sp³-hybridized carbons (Fsp3) is 0.240. The third kappa shape index (κ3) is 3.65. The fourth-order valence-corrected chi connectivity index (χ4v) is 4.69. The number of carbonyl (C=O) groups is 2. The fourth-order valence-electron chi connectivity index (χ4n) is 4.69. The number of halogens is 3. The number of aryl methyl sites for hydroxylation is 1. The number of aromatic nitrogens is 1. The lowest BCUT2D eigenvalue weighted by atomic mass is 10.0. The van der Waals surface area contributed by atoms with Crippen LogP contribution >= 0.6 is 0 Å². The molecule has 2 N–H and O–H groups in total. The minimum absolute atomic E-state index is 0.0270. The lowest BCUT2D eigenvalue weighted by Crippen LogP contribution is -2.44. The second-order valence-corrected chi connectivity index (χ2v) is 8.69. The molecular weight excluding hydrogens is 463 g/mol. The Morgan fingerprint density at radius 2 is 1.94 bits per heavy atom. The molecule has 0 fully saturated rings. The van der Waals surface area contributed by atoms with Gasteiger partial charge < -0.3 is 19.9 Å². The maximum absolute atomic E-state index is 14.3. The average molecular weight is 483 g/mol. The third-order valence-corrected chi connectivity index (χ3v) is 6.61. The van der Waals surface area contributed by atoms with Crippen LogP contribution in [0.25, 0.3) is 0 Å². The molecule has 35 heavy (non-hydrogen) atoms. The molecular formula is C25H20F3N3O4. The molecule has 1 atom stereocenters. The maximum Gasteiger partial charge on any atom is 0.279 e. The highest BCUT2D eigenvalue weighted by molar-refractivity contribution is 6.08. The molecule has 0 radical (unpaired) electrons. The minimum Gasteiger partial charge on any atom is -0.503 e. The standard InChI is InChI=1S/C25H20F3N3O4/c1-12-18(27)6-3-14(20(12)28)9-29-24(34)17-11-30-16-5-2-13-8-15(26)4-7-19(13)31(10-16)25(35)21(30)23(33)22(17)32/h3-4,6-8,11,16,33H,2,5,9-10H2,1H3,(H,29,34)/t16-/m0/s1. The van der Waals surface area contributed by atoms with Gasteiger partial charge in [0, 0.05) is 36.1 Å². The molecule has 3 heterocycles. The van der Waals surface area contributed by atoms with Gasteiger partial charge in [0.05, 0.1) is 6.04 Å². The molecule has 10 heteroatoms. The first-order chi connectivity index (χ1) is 16.7. The number of amides is 2. The number of anilines is 1. The molecule has 0 aliphatic carbocycles. The van der Waals surface area contributed by atoms with Gasteiger partial charge in [-0.05, 0) is 49.6 Å². The average Bonchev–Trinajstić information content (AvgIpc) is 3.00. The van der Waals surface area contributed by atoms with Crippen molar-refractivity contribution in [1.82, 2.24) is 9.88 Å². The molecule has 0 saturated heterocycles. The van der Waals surface area contributed by atoms with Crippen molar-refractivity contribution in [2.45, 2.75) is 32.4 Å². The van der Waals surface area contributed by atoms with Crippen LogP contribution < -0.4 is 15.6 Å². The van der Waals surface area contributed by atoms with E-state index in [0.717, 1.165) is 6.07 Å². The van der Waals surface area contributed by atoms with Gasteiger partial charge >= 0.3 is 0 Å². The molecule has 7 nitrogen and oxygen atoms in total. The van der Waals surface area contributed by atoms with Gasteiger partial charge in [-0.15, -0.1) is 0 Å². The van der Waals surface area contributed by atoms with Crippen molar-refractivity contribution in [3.8, 4) is 5.75 Å². The van der Waals surface area contributed by atoms with Crippen LogP contribution in [0.15, 0.2) is 41.3 Å². The van der Waals surface area contributed by atoms with Crippen LogP contribution in [0.3, 0.4) is 0 Å². The van der Waals surface area contributed by atoms with Crippen molar-refractivity contribution in [3.05, 3.63) is 92.2 Å². The van der Waals surface area contributed by atoms with E-state index in [-0.39, 0.29) is 36.0 Å². The van der Waals surface area contributed by atoms with Crippen molar-refractivity contribution in [2.24, 2.45) is 0 Å². The number of hydrogen-bond donors (Lipinski definition) is 2. The Labute approximate surface area is 197 Å². The first-order valence-electron chi connectivity index (χ1n) is 11.0. The first kappa shape index (κ1) is 22.7. The van der Waals surface area contributed by atoms with E-state index in [2.05, 4.69) is 5.32 Å². The monoisotopic (exact) mass is 483 g/mol. The second kappa shape index (κ2) is 8.30. The number of fused-ring (bicyclic) bond motifs is 6. The Bertz CT molecular complexity index is 1470. The van der Waals surface area contributed by atoms with E-state index in [9.17, 15) is 32.7 Å². The Balaban J connectivity index is 1.49. The highest BCUT2D eigenvalue weighted by atomic mass is 19.1. The van der Waals surface area contributed by atoms with Crippen LogP contribution in [0.1, 0.15) is 50.0 Å². The van der Waals surface area contributed by atoms with E-state index in [0.29, 0.717) is 24.1 Å². The van der Waals surface area contributed by atoms with Crippen LogP contribution in [0.2, 0.25) is 0 Å². The van der Waals surface area contributed by atoms with Crippen LogP contribution in [-0.2, 0) is 13.0 Å². The zero-order chi connectivity index (χ0) is 25.0. The van der Waals surface area contributed by atoms with E-state index in [4.69, 9.17) is 0 Å². The quantitative estimate of drug-likeness (QED) is 0.598. The Hall–Kier alpha value is -4.08. The van der Waals surface area contributed by atoms with Crippen molar-refractivity contribution in [3.63, 3.8) is 0 Å². The van der Waals surface area contributed by atoms with Crippen molar-refractivity contribution < 1.29 is 27.9 Å². The van der Waals surface area contributed by atoms with Crippen LogP contribution in [-0.4, -0.2) is 28.0 Å². The summed E-state index contributed by atoms with van der Waals surface area (Å²) in [5.74, 6) is -4.35. The van der Waals surface area contributed by atoms with Crippen molar-refractivity contribution >= 4 is 17.5 Å². The number of carbonyl (C=O) groups excluding carboxylic acids is 2. The van der Waals surface area contributed by atoms with Crippen LogP contribution in [0.4, 0.5) is 18.9 Å². The summed E-state index contributed by atoms with van der Waals surface area (Å²) in [6.45, 7) is 1.17. The van der Waals surface area contributed by atoms with E-state index < -0.39 is 46.0 Å². The van der Waals surface area contributed by atoms with Gasteiger partial charge in [0.25, 0.3) is 11.8 Å². The lowest BCUT2D eigenvalue weighted by molar-refractivity contribution is 0.0929.